The molecule has 4 N–H and O–H groups in total. The molecule has 0 saturated carbocycles. The van der Waals surface area contributed by atoms with E-state index in [1.54, 1.807) is 31.8 Å². The number of nitrogens with two attached hydrogens (primary N) is 1. The highest BCUT2D eigenvalue weighted by molar-refractivity contribution is 6.06. The molecule has 4 rings (SSSR count). The summed E-state index contributed by atoms with van der Waals surface area (Å²) in [5.74, 6) is 5.66. The van der Waals surface area contributed by atoms with E-state index >= 15 is 0 Å². The number of carbonyl (C=O) groups is 1. The van der Waals surface area contributed by atoms with E-state index in [4.69, 9.17) is 11.3 Å². The van der Waals surface area contributed by atoms with Gasteiger partial charge in [-0.3, -0.25) is 14.5 Å². The summed E-state index contributed by atoms with van der Waals surface area (Å²) in [6, 6.07) is 3.65. The van der Waals surface area contributed by atoms with Crippen LogP contribution in [0.4, 0.5) is 30.2 Å². The first kappa shape index (κ1) is 28.1. The quantitative estimate of drug-likeness (QED) is 0.225. The Morgan fingerprint density at radius 1 is 1.13 bits per heavy atom. The smallest absolute Gasteiger partial charge is 0.371 e. The van der Waals surface area contributed by atoms with Gasteiger partial charge in [0.05, 0.1) is 41.0 Å². The van der Waals surface area contributed by atoms with E-state index in [0.29, 0.717) is 41.3 Å². The highest BCUT2D eigenvalue weighted by Crippen LogP contribution is 2.38. The minimum Gasteiger partial charge on any atom is -0.371 e. The number of alkyl halides is 3. The maximum absolute atomic E-state index is 13.8. The number of aromatic nitrogens is 3. The van der Waals surface area contributed by atoms with Crippen molar-refractivity contribution in [2.24, 2.45) is 12.9 Å². The second-order valence-corrected chi connectivity index (χ2v) is 9.87. The third-order valence-corrected chi connectivity index (χ3v) is 7.17. The molecule has 0 radical (unpaired) electrons. The molecule has 1 aromatic carbocycles. The zero-order valence-electron chi connectivity index (χ0n) is 22.5. The average Bonchev–Trinajstić information content (AvgIpc) is 3.23. The minimum absolute atomic E-state index is 0.0338. The molecule has 1 saturated heterocycles. The number of carbonyl (C=O) groups excluding carboxylic acids is 1. The number of halogens is 3. The molecule has 1 aliphatic heterocycles. The first-order chi connectivity index (χ1) is 18.4. The Kier molecular flexibility index (Phi) is 7.96. The summed E-state index contributed by atoms with van der Waals surface area (Å²) in [6.07, 6.45) is 1.24. The van der Waals surface area contributed by atoms with Gasteiger partial charge >= 0.3 is 6.18 Å². The summed E-state index contributed by atoms with van der Waals surface area (Å²) < 4.78 is 43.0. The van der Waals surface area contributed by atoms with Crippen molar-refractivity contribution in [2.75, 3.05) is 34.9 Å². The predicted octanol–water partition coefficient (Wildman–Crippen LogP) is 4.75. The SMILES string of the molecule is Cc1ncc(C(=O)Nc2cc(C(F)(F)F)cc(N3CCCCC3)c2C)cc1N(N)CC(=N)c1cnn(C)c1C. The molecule has 1 fully saturated rings. The van der Waals surface area contributed by atoms with Gasteiger partial charge in [0.2, 0.25) is 0 Å². The molecule has 0 atom stereocenters. The van der Waals surface area contributed by atoms with Crippen molar-refractivity contribution in [3.63, 3.8) is 0 Å². The lowest BCUT2D eigenvalue weighted by Gasteiger charge is -2.31. The van der Waals surface area contributed by atoms with E-state index in [2.05, 4.69) is 15.4 Å². The number of anilines is 3. The highest BCUT2D eigenvalue weighted by Gasteiger charge is 2.33. The molecule has 1 aliphatic rings. The number of nitrogens with one attached hydrogen (secondary N) is 2. The number of piperidine rings is 1. The van der Waals surface area contributed by atoms with Crippen LogP contribution < -0.4 is 21.1 Å². The number of pyridine rings is 1. The first-order valence-corrected chi connectivity index (χ1v) is 12.7. The van der Waals surface area contributed by atoms with Gasteiger partial charge in [0.1, 0.15) is 0 Å². The number of nitrogens with zero attached hydrogens (tertiary/aromatic N) is 5. The Morgan fingerprint density at radius 3 is 2.44 bits per heavy atom. The third-order valence-electron chi connectivity index (χ3n) is 7.17. The standard InChI is InChI=1S/C27H33F3N8O/c1-16-23(11-20(27(28,29)30)12-24(16)37-8-6-5-7-9-37)35-26(39)19-10-25(17(2)33-13-19)38(32)15-22(31)21-14-34-36(4)18(21)3/h10-14,31H,5-9,15,32H2,1-4H3,(H,35,39). The van der Waals surface area contributed by atoms with E-state index in [0.717, 1.165) is 37.1 Å². The normalized spacial score (nSPS) is 13.9. The Labute approximate surface area is 225 Å². The molecule has 0 spiro atoms. The van der Waals surface area contributed by atoms with Crippen molar-refractivity contribution in [1.82, 2.24) is 14.8 Å². The van der Waals surface area contributed by atoms with Crippen LogP contribution in [-0.4, -0.2) is 46.0 Å². The van der Waals surface area contributed by atoms with E-state index in [9.17, 15) is 18.0 Å². The molecule has 0 unspecified atom stereocenters. The van der Waals surface area contributed by atoms with E-state index in [1.165, 1.54) is 17.3 Å². The summed E-state index contributed by atoms with van der Waals surface area (Å²) in [7, 11) is 1.78. The molecule has 39 heavy (non-hydrogen) atoms. The van der Waals surface area contributed by atoms with Crippen LogP contribution in [0.3, 0.4) is 0 Å². The van der Waals surface area contributed by atoms with Gasteiger partial charge in [-0.2, -0.15) is 18.3 Å². The van der Waals surface area contributed by atoms with Crippen molar-refractivity contribution in [1.29, 1.82) is 5.41 Å². The largest absolute Gasteiger partial charge is 0.416 e. The molecule has 3 heterocycles. The number of amides is 1. The highest BCUT2D eigenvalue weighted by atomic mass is 19.4. The van der Waals surface area contributed by atoms with Crippen LogP contribution in [0, 0.1) is 26.2 Å². The lowest BCUT2D eigenvalue weighted by atomic mass is 10.0. The summed E-state index contributed by atoms with van der Waals surface area (Å²) in [5.41, 5.74) is 3.11. The van der Waals surface area contributed by atoms with Crippen LogP contribution >= 0.6 is 0 Å². The molecule has 0 aliphatic carbocycles. The molecule has 0 bridgehead atoms. The van der Waals surface area contributed by atoms with Gasteiger partial charge in [0, 0.05) is 49.0 Å². The molecule has 208 valence electrons. The number of rotatable bonds is 7. The summed E-state index contributed by atoms with van der Waals surface area (Å²) in [5, 5.41) is 16.6. The Balaban J connectivity index is 1.60. The van der Waals surface area contributed by atoms with E-state index < -0.39 is 17.6 Å². The van der Waals surface area contributed by atoms with Gasteiger partial charge in [-0.15, -0.1) is 0 Å². The molecule has 9 nitrogen and oxygen atoms in total. The van der Waals surface area contributed by atoms with Crippen LogP contribution in [0.2, 0.25) is 0 Å². The van der Waals surface area contributed by atoms with Gasteiger partial charge < -0.3 is 20.6 Å². The van der Waals surface area contributed by atoms with Crippen molar-refractivity contribution in [3.8, 4) is 0 Å². The third kappa shape index (κ3) is 6.06. The van der Waals surface area contributed by atoms with Gasteiger partial charge in [-0.1, -0.05) is 0 Å². The number of benzene rings is 1. The van der Waals surface area contributed by atoms with Gasteiger partial charge in [-0.05, 0) is 63.8 Å². The molecule has 2 aromatic heterocycles. The molecule has 3 aromatic rings. The predicted molar refractivity (Wildman–Crippen MR) is 145 cm³/mol. The second-order valence-electron chi connectivity index (χ2n) is 9.87. The fourth-order valence-electron chi connectivity index (χ4n) is 4.72. The van der Waals surface area contributed by atoms with Crippen LogP contribution in [0.25, 0.3) is 0 Å². The maximum Gasteiger partial charge on any atom is 0.416 e. The summed E-state index contributed by atoms with van der Waals surface area (Å²) in [4.78, 5) is 19.5. The fraction of sp³-hybridized carbons (Fsp3) is 0.407. The Bertz CT molecular complexity index is 1390. The molecular weight excluding hydrogens is 509 g/mol. The zero-order chi connectivity index (χ0) is 28.5. The minimum atomic E-state index is -4.56. The number of hydrazine groups is 1. The van der Waals surface area contributed by atoms with Crippen LogP contribution in [0.5, 0.6) is 0 Å². The lowest BCUT2D eigenvalue weighted by Crippen LogP contribution is -2.37. The number of hydrogen-bond acceptors (Lipinski definition) is 7. The van der Waals surface area contributed by atoms with E-state index in [-0.39, 0.29) is 23.5 Å². The number of aryl methyl sites for hydroxylation is 2. The van der Waals surface area contributed by atoms with Crippen LogP contribution in [0.15, 0.2) is 30.6 Å². The molecular formula is C27H33F3N8O. The second kappa shape index (κ2) is 11.0. The van der Waals surface area contributed by atoms with Crippen molar-refractivity contribution in [2.45, 2.75) is 46.2 Å². The fourth-order valence-corrected chi connectivity index (χ4v) is 4.72. The first-order valence-electron chi connectivity index (χ1n) is 12.7. The van der Waals surface area contributed by atoms with Crippen LogP contribution in [0.1, 0.15) is 57.7 Å². The Morgan fingerprint density at radius 2 is 1.82 bits per heavy atom. The van der Waals surface area contributed by atoms with Crippen LogP contribution in [-0.2, 0) is 13.2 Å². The van der Waals surface area contributed by atoms with Gasteiger partial charge in [0.25, 0.3) is 5.91 Å². The van der Waals surface area contributed by atoms with Gasteiger partial charge in [-0.25, -0.2) is 5.84 Å². The summed E-state index contributed by atoms with van der Waals surface area (Å²) in [6.45, 7) is 6.65. The number of hydrogen-bond donors (Lipinski definition) is 3. The summed E-state index contributed by atoms with van der Waals surface area (Å²) >= 11 is 0. The monoisotopic (exact) mass is 542 g/mol. The van der Waals surface area contributed by atoms with Crippen molar-refractivity contribution >= 4 is 28.7 Å². The van der Waals surface area contributed by atoms with E-state index in [1.807, 2.05) is 11.8 Å². The Hall–Kier alpha value is -3.93. The average molecular weight is 543 g/mol. The molecule has 1 amide bonds. The zero-order valence-corrected chi connectivity index (χ0v) is 22.5. The maximum atomic E-state index is 13.8. The van der Waals surface area contributed by atoms with Crippen molar-refractivity contribution < 1.29 is 18.0 Å². The lowest BCUT2D eigenvalue weighted by molar-refractivity contribution is -0.137. The molecule has 12 heteroatoms. The topological polar surface area (TPSA) is 116 Å². The van der Waals surface area contributed by atoms with Crippen molar-refractivity contribution in [3.05, 3.63) is 64.2 Å². The van der Waals surface area contributed by atoms with Gasteiger partial charge in [0.15, 0.2) is 0 Å².